The van der Waals surface area contributed by atoms with Gasteiger partial charge in [-0.1, -0.05) is 5.92 Å². The first-order chi connectivity index (χ1) is 13.6. The van der Waals surface area contributed by atoms with E-state index in [-0.39, 0.29) is 0 Å². The molecule has 3 aromatic heterocycles. The van der Waals surface area contributed by atoms with E-state index in [2.05, 4.69) is 27.0 Å². The van der Waals surface area contributed by atoms with Crippen molar-refractivity contribution in [1.29, 1.82) is 5.26 Å². The number of carboxylic acid groups (broad SMARTS) is 1. The summed E-state index contributed by atoms with van der Waals surface area (Å²) in [5, 5.41) is 22.7. The molecule has 1 aliphatic rings. The predicted molar refractivity (Wildman–Crippen MR) is 103 cm³/mol. The second-order valence-corrected chi connectivity index (χ2v) is 6.41. The molecular formula is C20H16N6O2. The van der Waals surface area contributed by atoms with Gasteiger partial charge in [-0.25, -0.2) is 14.3 Å². The van der Waals surface area contributed by atoms with Gasteiger partial charge >= 0.3 is 6.09 Å². The summed E-state index contributed by atoms with van der Waals surface area (Å²) in [6.45, 7) is 2.09. The second-order valence-electron chi connectivity index (χ2n) is 6.41. The van der Waals surface area contributed by atoms with Crippen LogP contribution < -0.4 is 4.90 Å². The van der Waals surface area contributed by atoms with Crippen molar-refractivity contribution in [3.8, 4) is 29.5 Å². The van der Waals surface area contributed by atoms with Crippen molar-refractivity contribution in [3.63, 3.8) is 0 Å². The molecule has 1 saturated heterocycles. The Morgan fingerprint density at radius 3 is 2.61 bits per heavy atom. The Bertz CT molecular complexity index is 1130. The van der Waals surface area contributed by atoms with Gasteiger partial charge in [-0.15, -0.1) is 6.42 Å². The molecule has 0 spiro atoms. The van der Waals surface area contributed by atoms with E-state index in [0.717, 1.165) is 16.9 Å². The molecular weight excluding hydrogens is 356 g/mol. The summed E-state index contributed by atoms with van der Waals surface area (Å²) in [5.41, 5.74) is 3.42. The summed E-state index contributed by atoms with van der Waals surface area (Å²) in [7, 11) is 0. The summed E-state index contributed by atoms with van der Waals surface area (Å²) in [6, 6.07) is 7.83. The third-order valence-corrected chi connectivity index (χ3v) is 4.83. The third kappa shape index (κ3) is 2.97. The molecule has 1 fully saturated rings. The molecule has 0 radical (unpaired) electrons. The van der Waals surface area contributed by atoms with Crippen molar-refractivity contribution in [3.05, 3.63) is 47.9 Å². The van der Waals surface area contributed by atoms with Crippen molar-refractivity contribution in [2.45, 2.75) is 0 Å². The number of hydrogen-bond acceptors (Lipinski definition) is 5. The summed E-state index contributed by atoms with van der Waals surface area (Å²) in [4.78, 5) is 19.0. The van der Waals surface area contributed by atoms with E-state index < -0.39 is 6.09 Å². The molecule has 0 bridgehead atoms. The van der Waals surface area contributed by atoms with Crippen LogP contribution in [0.3, 0.4) is 0 Å². The molecule has 0 unspecified atom stereocenters. The van der Waals surface area contributed by atoms with Gasteiger partial charge in [0, 0.05) is 55.3 Å². The summed E-state index contributed by atoms with van der Waals surface area (Å²) in [6.07, 6.45) is 9.63. The first-order valence-corrected chi connectivity index (χ1v) is 8.68. The van der Waals surface area contributed by atoms with Crippen LogP contribution >= 0.6 is 0 Å². The van der Waals surface area contributed by atoms with Crippen molar-refractivity contribution >= 4 is 17.4 Å². The van der Waals surface area contributed by atoms with Gasteiger partial charge in [0.05, 0.1) is 17.3 Å². The number of carbonyl (C=O) groups is 1. The predicted octanol–water partition coefficient (Wildman–Crippen LogP) is 2.05. The van der Waals surface area contributed by atoms with E-state index in [1.807, 2.05) is 18.2 Å². The number of nitrogens with zero attached hydrogens (tertiary/aromatic N) is 6. The van der Waals surface area contributed by atoms with Gasteiger partial charge in [-0.2, -0.15) is 10.4 Å². The quantitative estimate of drug-likeness (QED) is 0.692. The molecule has 4 heterocycles. The van der Waals surface area contributed by atoms with E-state index in [9.17, 15) is 10.1 Å². The zero-order valence-electron chi connectivity index (χ0n) is 14.9. The fraction of sp³-hybridized carbons (Fsp3) is 0.200. The first kappa shape index (κ1) is 17.4. The van der Waals surface area contributed by atoms with E-state index in [1.165, 1.54) is 11.1 Å². The lowest BCUT2D eigenvalue weighted by atomic mass is 10.0. The van der Waals surface area contributed by atoms with Crippen LogP contribution in [-0.4, -0.2) is 56.9 Å². The SMILES string of the molecule is C#Cc1cc(-c2ccc(N3CCN(C(=O)O)CC3)nc2)c2c(C#N)cnn2c1. The zero-order valence-corrected chi connectivity index (χ0v) is 14.9. The maximum absolute atomic E-state index is 11.0. The highest BCUT2D eigenvalue weighted by Gasteiger charge is 2.21. The highest BCUT2D eigenvalue weighted by atomic mass is 16.4. The fourth-order valence-corrected chi connectivity index (χ4v) is 3.36. The molecule has 1 aliphatic heterocycles. The highest BCUT2D eigenvalue weighted by Crippen LogP contribution is 2.29. The smallest absolute Gasteiger partial charge is 0.407 e. The van der Waals surface area contributed by atoms with E-state index in [4.69, 9.17) is 11.5 Å². The van der Waals surface area contributed by atoms with Gasteiger partial charge in [0.2, 0.25) is 0 Å². The first-order valence-electron chi connectivity index (χ1n) is 8.68. The number of aromatic nitrogens is 3. The Morgan fingerprint density at radius 2 is 2.00 bits per heavy atom. The summed E-state index contributed by atoms with van der Waals surface area (Å²) < 4.78 is 1.61. The Morgan fingerprint density at radius 1 is 1.21 bits per heavy atom. The summed E-state index contributed by atoms with van der Waals surface area (Å²) >= 11 is 0. The monoisotopic (exact) mass is 372 g/mol. The van der Waals surface area contributed by atoms with Crippen LogP contribution in [0.1, 0.15) is 11.1 Å². The van der Waals surface area contributed by atoms with Crippen LogP contribution in [0.25, 0.3) is 16.6 Å². The number of amides is 1. The molecule has 8 heteroatoms. The van der Waals surface area contributed by atoms with Crippen LogP contribution in [0.4, 0.5) is 10.6 Å². The molecule has 0 atom stereocenters. The van der Waals surface area contributed by atoms with Crippen LogP contribution in [0.5, 0.6) is 0 Å². The average Bonchev–Trinajstić information content (AvgIpc) is 3.16. The van der Waals surface area contributed by atoms with Gasteiger partial charge in [0.15, 0.2) is 0 Å². The third-order valence-electron chi connectivity index (χ3n) is 4.83. The largest absolute Gasteiger partial charge is 0.465 e. The molecule has 0 aromatic carbocycles. The lowest BCUT2D eigenvalue weighted by molar-refractivity contribution is 0.142. The number of terminal acetylenes is 1. The maximum atomic E-state index is 11.0. The number of anilines is 1. The van der Waals surface area contributed by atoms with Crippen LogP contribution in [0.2, 0.25) is 0 Å². The van der Waals surface area contributed by atoms with Gasteiger partial charge in [-0.05, 0) is 18.2 Å². The molecule has 4 rings (SSSR count). The number of rotatable bonds is 2. The van der Waals surface area contributed by atoms with Gasteiger partial charge in [-0.3, -0.25) is 0 Å². The standard InChI is InChI=1S/C20H16N6O2/c1-2-14-9-17(19-16(10-21)12-23-26(19)13-14)15-3-4-18(22-11-15)24-5-7-25(8-6-24)20(27)28/h1,3-4,9,11-13H,5-8H2,(H,27,28). The van der Waals surface area contributed by atoms with E-state index >= 15 is 0 Å². The maximum Gasteiger partial charge on any atom is 0.407 e. The number of hydrogen-bond donors (Lipinski definition) is 1. The highest BCUT2D eigenvalue weighted by molar-refractivity contribution is 5.85. The summed E-state index contributed by atoms with van der Waals surface area (Å²) in [5.74, 6) is 3.39. The van der Waals surface area contributed by atoms with Crippen molar-refractivity contribution in [1.82, 2.24) is 19.5 Å². The Kier molecular flexibility index (Phi) is 4.30. The van der Waals surface area contributed by atoms with Crippen molar-refractivity contribution in [2.75, 3.05) is 31.1 Å². The second kappa shape index (κ2) is 6.93. The number of pyridine rings is 2. The normalized spacial score (nSPS) is 13.9. The molecule has 1 N–H and O–H groups in total. The van der Waals surface area contributed by atoms with Gasteiger partial charge in [0.25, 0.3) is 0 Å². The van der Waals surface area contributed by atoms with Crippen LogP contribution in [0, 0.1) is 23.7 Å². The molecule has 8 nitrogen and oxygen atoms in total. The van der Waals surface area contributed by atoms with Crippen molar-refractivity contribution < 1.29 is 9.90 Å². The van der Waals surface area contributed by atoms with E-state index in [0.29, 0.717) is 42.8 Å². The molecule has 3 aromatic rings. The van der Waals surface area contributed by atoms with Crippen molar-refractivity contribution in [2.24, 2.45) is 0 Å². The Hall–Kier alpha value is -4.04. The molecule has 138 valence electrons. The molecule has 0 aliphatic carbocycles. The number of nitriles is 1. The average molecular weight is 372 g/mol. The zero-order chi connectivity index (χ0) is 19.7. The van der Waals surface area contributed by atoms with Gasteiger partial charge < -0.3 is 14.9 Å². The minimum Gasteiger partial charge on any atom is -0.465 e. The topological polar surface area (TPSA) is 97.8 Å². The van der Waals surface area contributed by atoms with E-state index in [1.54, 1.807) is 16.9 Å². The van der Waals surface area contributed by atoms with Gasteiger partial charge in [0.1, 0.15) is 11.9 Å². The van der Waals surface area contributed by atoms with Crippen LogP contribution in [-0.2, 0) is 0 Å². The number of fused-ring (bicyclic) bond motifs is 1. The number of piperazine rings is 1. The minimum absolute atomic E-state index is 0.449. The molecule has 1 amide bonds. The minimum atomic E-state index is -0.894. The lowest BCUT2D eigenvalue weighted by Crippen LogP contribution is -2.48. The fourth-order valence-electron chi connectivity index (χ4n) is 3.36. The molecule has 0 saturated carbocycles. The Balaban J connectivity index is 1.67. The van der Waals surface area contributed by atoms with Crippen LogP contribution in [0.15, 0.2) is 36.8 Å². The Labute approximate surface area is 161 Å². The lowest BCUT2D eigenvalue weighted by Gasteiger charge is -2.33. The molecule has 28 heavy (non-hydrogen) atoms.